The van der Waals surface area contributed by atoms with Gasteiger partial charge in [0.2, 0.25) is 11.7 Å². The molecule has 2 atom stereocenters. The lowest BCUT2D eigenvalue weighted by atomic mass is 9.98. The fraction of sp³-hybridized carbons (Fsp3) is 0.316. The van der Waals surface area contributed by atoms with Crippen LogP contribution in [0.3, 0.4) is 0 Å². The van der Waals surface area contributed by atoms with Gasteiger partial charge in [-0.15, -0.1) is 0 Å². The van der Waals surface area contributed by atoms with Crippen molar-refractivity contribution < 1.29 is 13.7 Å². The van der Waals surface area contributed by atoms with Gasteiger partial charge in [0.25, 0.3) is 5.91 Å². The van der Waals surface area contributed by atoms with Gasteiger partial charge in [-0.3, -0.25) is 4.79 Å². The van der Waals surface area contributed by atoms with E-state index in [1.54, 1.807) is 30.5 Å². The molecule has 0 aliphatic heterocycles. The largest absolute Gasteiger partial charge is 0.461 e. The van der Waals surface area contributed by atoms with Crippen LogP contribution in [-0.4, -0.2) is 16.0 Å². The number of benzene rings is 1. The number of hydrogen-bond donors (Lipinski definition) is 1. The van der Waals surface area contributed by atoms with Crippen LogP contribution in [0.1, 0.15) is 48.1 Å². The van der Waals surface area contributed by atoms with Crippen LogP contribution in [-0.2, 0) is 0 Å². The summed E-state index contributed by atoms with van der Waals surface area (Å²) >= 11 is 0. The van der Waals surface area contributed by atoms with Crippen LogP contribution in [0.4, 0.5) is 0 Å². The maximum Gasteiger partial charge on any atom is 0.251 e. The summed E-state index contributed by atoms with van der Waals surface area (Å²) in [6, 6.07) is 10.6. The van der Waals surface area contributed by atoms with Gasteiger partial charge in [-0.05, 0) is 37.1 Å². The quantitative estimate of drug-likeness (QED) is 0.729. The first kappa shape index (κ1) is 17.0. The molecule has 25 heavy (non-hydrogen) atoms. The predicted molar refractivity (Wildman–Crippen MR) is 92.8 cm³/mol. The third-order valence-corrected chi connectivity index (χ3v) is 4.26. The van der Waals surface area contributed by atoms with Gasteiger partial charge in [0.1, 0.15) is 6.04 Å². The second-order valence-corrected chi connectivity index (χ2v) is 6.14. The SMILES string of the molecule is CC[C@H](C)[C@H](NC(=O)c1ccc(C)cc1)c1nc(-c2ccco2)no1. The zero-order chi connectivity index (χ0) is 17.8. The lowest BCUT2D eigenvalue weighted by Crippen LogP contribution is -2.32. The molecule has 6 heteroatoms. The number of furan rings is 1. The van der Waals surface area contributed by atoms with Gasteiger partial charge in [0.15, 0.2) is 5.76 Å². The molecular formula is C19H21N3O3. The minimum absolute atomic E-state index is 0.138. The molecule has 1 amide bonds. The predicted octanol–water partition coefficient (Wildman–Crippen LogP) is 4.16. The van der Waals surface area contributed by atoms with Gasteiger partial charge in [-0.2, -0.15) is 4.98 Å². The minimum atomic E-state index is -0.366. The first-order valence-corrected chi connectivity index (χ1v) is 8.33. The molecule has 2 aromatic heterocycles. The molecule has 0 bridgehead atoms. The Labute approximate surface area is 146 Å². The van der Waals surface area contributed by atoms with Crippen molar-refractivity contribution in [3.8, 4) is 11.6 Å². The molecule has 0 saturated carbocycles. The van der Waals surface area contributed by atoms with Crippen LogP contribution in [0, 0.1) is 12.8 Å². The molecule has 0 spiro atoms. The van der Waals surface area contributed by atoms with Crippen molar-refractivity contribution in [3.63, 3.8) is 0 Å². The Morgan fingerprint density at radius 1 is 1.24 bits per heavy atom. The van der Waals surface area contributed by atoms with Crippen LogP contribution in [0.2, 0.25) is 0 Å². The number of amides is 1. The molecule has 1 aromatic carbocycles. The highest BCUT2D eigenvalue weighted by Gasteiger charge is 2.27. The van der Waals surface area contributed by atoms with E-state index in [2.05, 4.69) is 22.4 Å². The second-order valence-electron chi connectivity index (χ2n) is 6.14. The van der Waals surface area contributed by atoms with E-state index >= 15 is 0 Å². The standard InChI is InChI=1S/C19H21N3O3/c1-4-13(3)16(20-18(23)14-9-7-12(2)8-10-14)19-21-17(22-25-19)15-6-5-11-24-15/h5-11,13,16H,4H2,1-3H3,(H,20,23)/t13-,16-/m0/s1. The maximum atomic E-state index is 12.6. The fourth-order valence-corrected chi connectivity index (χ4v) is 2.48. The highest BCUT2D eigenvalue weighted by molar-refractivity contribution is 5.94. The molecule has 2 heterocycles. The summed E-state index contributed by atoms with van der Waals surface area (Å²) < 4.78 is 10.7. The monoisotopic (exact) mass is 339 g/mol. The minimum Gasteiger partial charge on any atom is -0.461 e. The number of aryl methyl sites for hydroxylation is 1. The molecule has 0 unspecified atom stereocenters. The van der Waals surface area contributed by atoms with Crippen molar-refractivity contribution in [2.45, 2.75) is 33.2 Å². The first-order valence-electron chi connectivity index (χ1n) is 8.33. The number of aromatic nitrogens is 2. The normalized spacial score (nSPS) is 13.4. The Morgan fingerprint density at radius 3 is 2.64 bits per heavy atom. The summed E-state index contributed by atoms with van der Waals surface area (Å²) in [5.41, 5.74) is 1.71. The van der Waals surface area contributed by atoms with Crippen molar-refractivity contribution in [2.24, 2.45) is 5.92 Å². The van der Waals surface area contributed by atoms with E-state index in [0.29, 0.717) is 23.0 Å². The van der Waals surface area contributed by atoms with Gasteiger partial charge in [-0.1, -0.05) is 43.1 Å². The number of rotatable bonds is 6. The number of carbonyl (C=O) groups is 1. The molecule has 130 valence electrons. The second kappa shape index (κ2) is 7.34. The molecular weight excluding hydrogens is 318 g/mol. The first-order chi connectivity index (χ1) is 12.1. The lowest BCUT2D eigenvalue weighted by molar-refractivity contribution is 0.0910. The molecule has 3 rings (SSSR count). The highest BCUT2D eigenvalue weighted by atomic mass is 16.5. The van der Waals surface area contributed by atoms with E-state index in [-0.39, 0.29) is 17.9 Å². The Hall–Kier alpha value is -2.89. The molecule has 0 aliphatic carbocycles. The summed E-state index contributed by atoms with van der Waals surface area (Å²) in [4.78, 5) is 17.0. The zero-order valence-electron chi connectivity index (χ0n) is 14.5. The van der Waals surface area contributed by atoms with E-state index < -0.39 is 0 Å². The Morgan fingerprint density at radius 2 is 2.00 bits per heavy atom. The summed E-state index contributed by atoms with van der Waals surface area (Å²) in [6.45, 7) is 6.08. The van der Waals surface area contributed by atoms with Crippen LogP contribution < -0.4 is 5.32 Å². The van der Waals surface area contributed by atoms with E-state index in [9.17, 15) is 4.79 Å². The summed E-state index contributed by atoms with van der Waals surface area (Å²) in [5.74, 6) is 1.25. The number of nitrogens with zero attached hydrogens (tertiary/aromatic N) is 2. The van der Waals surface area contributed by atoms with Gasteiger partial charge in [0, 0.05) is 5.56 Å². The Kier molecular flexibility index (Phi) is 4.97. The van der Waals surface area contributed by atoms with Crippen LogP contribution in [0.15, 0.2) is 51.6 Å². The summed E-state index contributed by atoms with van der Waals surface area (Å²) in [6.07, 6.45) is 2.41. The lowest BCUT2D eigenvalue weighted by Gasteiger charge is -2.20. The van der Waals surface area contributed by atoms with Crippen LogP contribution >= 0.6 is 0 Å². The van der Waals surface area contributed by atoms with Crippen LogP contribution in [0.25, 0.3) is 11.6 Å². The summed E-state index contributed by atoms with van der Waals surface area (Å²) in [5, 5.41) is 6.97. The topological polar surface area (TPSA) is 81.2 Å². The highest BCUT2D eigenvalue weighted by Crippen LogP contribution is 2.26. The summed E-state index contributed by atoms with van der Waals surface area (Å²) in [7, 11) is 0. The zero-order valence-corrected chi connectivity index (χ0v) is 14.5. The van der Waals surface area contributed by atoms with E-state index in [4.69, 9.17) is 8.94 Å². The van der Waals surface area contributed by atoms with Gasteiger partial charge < -0.3 is 14.3 Å². The van der Waals surface area contributed by atoms with Crippen LogP contribution in [0.5, 0.6) is 0 Å². The molecule has 0 fully saturated rings. The average molecular weight is 339 g/mol. The Balaban J connectivity index is 1.82. The van der Waals surface area contributed by atoms with E-state index in [1.165, 1.54) is 0 Å². The molecule has 0 saturated heterocycles. The molecule has 1 N–H and O–H groups in total. The van der Waals surface area contributed by atoms with Crippen molar-refractivity contribution in [1.82, 2.24) is 15.5 Å². The third kappa shape index (κ3) is 3.79. The van der Waals surface area contributed by atoms with Crippen molar-refractivity contribution in [3.05, 3.63) is 59.7 Å². The maximum absolute atomic E-state index is 12.6. The van der Waals surface area contributed by atoms with Crippen molar-refractivity contribution in [2.75, 3.05) is 0 Å². The molecule has 0 aliphatic rings. The average Bonchev–Trinajstić information content (AvgIpc) is 3.30. The number of nitrogens with one attached hydrogen (secondary N) is 1. The van der Waals surface area contributed by atoms with E-state index in [1.807, 2.05) is 26.0 Å². The molecule has 6 nitrogen and oxygen atoms in total. The number of hydrogen-bond acceptors (Lipinski definition) is 5. The number of carbonyl (C=O) groups excluding carboxylic acids is 1. The van der Waals surface area contributed by atoms with E-state index in [0.717, 1.165) is 12.0 Å². The third-order valence-electron chi connectivity index (χ3n) is 4.26. The molecule has 3 aromatic rings. The fourth-order valence-electron chi connectivity index (χ4n) is 2.48. The Bertz CT molecular complexity index is 822. The van der Waals surface area contributed by atoms with Gasteiger partial charge in [0.05, 0.1) is 6.26 Å². The van der Waals surface area contributed by atoms with Crippen molar-refractivity contribution in [1.29, 1.82) is 0 Å². The van der Waals surface area contributed by atoms with Gasteiger partial charge >= 0.3 is 0 Å². The van der Waals surface area contributed by atoms with Gasteiger partial charge in [-0.25, -0.2) is 0 Å². The smallest absolute Gasteiger partial charge is 0.251 e. The van der Waals surface area contributed by atoms with Crippen molar-refractivity contribution >= 4 is 5.91 Å². The molecule has 0 radical (unpaired) electrons.